The number of likely N-dealkylation sites (N-methyl/N-ethyl adjacent to an activating group) is 1. The summed E-state index contributed by atoms with van der Waals surface area (Å²) in [5.41, 5.74) is 2.05. The van der Waals surface area contributed by atoms with Crippen LogP contribution in [0.2, 0.25) is 0 Å². The topological polar surface area (TPSA) is 114 Å². The number of hydrogen-bond donors (Lipinski definition) is 1. The Morgan fingerprint density at radius 3 is 2.85 bits per heavy atom. The first-order valence-electron chi connectivity index (χ1n) is 13.5. The number of aromatic amines is 1. The van der Waals surface area contributed by atoms with Crippen LogP contribution in [-0.4, -0.2) is 88.3 Å². The number of rotatable bonds is 7. The molecule has 0 saturated carbocycles. The van der Waals surface area contributed by atoms with Crippen LogP contribution in [0.25, 0.3) is 22.4 Å². The second kappa shape index (κ2) is 10.4. The second-order valence-electron chi connectivity index (χ2n) is 11.0. The maximum absolute atomic E-state index is 15.4. The van der Waals surface area contributed by atoms with Crippen LogP contribution in [0.4, 0.5) is 10.2 Å². The van der Waals surface area contributed by atoms with Crippen LogP contribution in [-0.2, 0) is 4.79 Å². The third-order valence-electron chi connectivity index (χ3n) is 8.39. The molecule has 206 valence electrons. The number of nitriles is 1. The fraction of sp³-hybridized carbons (Fsp3) is 0.414. The number of nitrogens with zero attached hydrogens (tertiary/aromatic N) is 7. The average molecular weight is 543 g/mol. The maximum atomic E-state index is 15.4. The Morgan fingerprint density at radius 2 is 2.15 bits per heavy atom. The monoisotopic (exact) mass is 542 g/mol. The fourth-order valence-electron chi connectivity index (χ4n) is 6.10. The molecule has 2 aromatic heterocycles. The van der Waals surface area contributed by atoms with Gasteiger partial charge in [0.1, 0.15) is 29.8 Å². The van der Waals surface area contributed by atoms with E-state index < -0.39 is 5.82 Å². The van der Waals surface area contributed by atoms with Crippen molar-refractivity contribution in [3.05, 3.63) is 54.6 Å². The number of carbonyl (C=O) groups excluding carboxylic acids is 1. The zero-order chi connectivity index (χ0) is 27.9. The minimum absolute atomic E-state index is 0.0729. The molecule has 5 heterocycles. The van der Waals surface area contributed by atoms with Gasteiger partial charge in [0.2, 0.25) is 5.91 Å². The summed E-state index contributed by atoms with van der Waals surface area (Å²) in [6.45, 7) is 7.54. The molecular weight excluding hydrogens is 511 g/mol. The van der Waals surface area contributed by atoms with Gasteiger partial charge in [0, 0.05) is 55.0 Å². The molecule has 1 amide bonds. The number of H-pyrrole nitrogens is 1. The smallest absolute Gasteiger partial charge is 0.319 e. The molecule has 1 atom stereocenters. The molecule has 3 aromatic rings. The summed E-state index contributed by atoms with van der Waals surface area (Å²) in [5, 5.41) is 17.1. The summed E-state index contributed by atoms with van der Waals surface area (Å²) in [7, 11) is 2.07. The summed E-state index contributed by atoms with van der Waals surface area (Å²) >= 11 is 0. The van der Waals surface area contributed by atoms with Crippen molar-refractivity contribution in [1.82, 2.24) is 30.0 Å². The first kappa shape index (κ1) is 26.0. The molecule has 1 unspecified atom stereocenters. The van der Waals surface area contributed by atoms with Crippen LogP contribution in [0.3, 0.4) is 0 Å². The lowest BCUT2D eigenvalue weighted by atomic mass is 9.79. The fourth-order valence-corrected chi connectivity index (χ4v) is 6.10. The van der Waals surface area contributed by atoms with Gasteiger partial charge in [-0.25, -0.2) is 4.39 Å². The lowest BCUT2D eigenvalue weighted by Gasteiger charge is -2.47. The van der Waals surface area contributed by atoms with E-state index in [1.165, 1.54) is 12.1 Å². The summed E-state index contributed by atoms with van der Waals surface area (Å²) in [6, 6.07) is 7.34. The number of halogens is 1. The number of likely N-dealkylation sites (tertiary alicyclic amines) is 2. The number of benzene rings is 1. The summed E-state index contributed by atoms with van der Waals surface area (Å²) in [4.78, 5) is 27.4. The Morgan fingerprint density at radius 1 is 1.30 bits per heavy atom. The van der Waals surface area contributed by atoms with E-state index in [-0.39, 0.29) is 40.2 Å². The molecule has 11 heteroatoms. The number of carbonyl (C=O) groups is 1. The van der Waals surface area contributed by atoms with Crippen molar-refractivity contribution in [2.24, 2.45) is 5.41 Å². The van der Waals surface area contributed by atoms with E-state index in [1.807, 2.05) is 4.90 Å². The lowest BCUT2D eigenvalue weighted by molar-refractivity contribution is -0.136. The van der Waals surface area contributed by atoms with Crippen molar-refractivity contribution in [2.75, 3.05) is 51.3 Å². The lowest BCUT2D eigenvalue weighted by Crippen LogP contribution is -2.59. The highest BCUT2D eigenvalue weighted by Gasteiger charge is 2.49. The Balaban J connectivity index is 1.38. The molecule has 0 bridgehead atoms. The van der Waals surface area contributed by atoms with Crippen molar-refractivity contribution in [3.63, 3.8) is 0 Å². The number of ether oxygens (including phenoxy) is 1. The van der Waals surface area contributed by atoms with E-state index >= 15 is 4.39 Å². The summed E-state index contributed by atoms with van der Waals surface area (Å²) < 4.78 is 21.5. The molecule has 6 rings (SSSR count). The first-order valence-corrected chi connectivity index (χ1v) is 13.5. The number of amides is 1. The Bertz CT molecular complexity index is 1480. The number of anilines is 1. The van der Waals surface area contributed by atoms with Crippen LogP contribution in [0.5, 0.6) is 6.01 Å². The molecular formula is C29H31FN8O2. The van der Waals surface area contributed by atoms with Crippen LogP contribution >= 0.6 is 0 Å². The van der Waals surface area contributed by atoms with Crippen molar-refractivity contribution < 1.29 is 13.9 Å². The summed E-state index contributed by atoms with van der Waals surface area (Å²) in [5.74, 6) is -0.141. The van der Waals surface area contributed by atoms with Gasteiger partial charge in [-0.05, 0) is 56.6 Å². The van der Waals surface area contributed by atoms with Gasteiger partial charge in [-0.15, -0.1) is 0 Å². The van der Waals surface area contributed by atoms with Gasteiger partial charge in [0.15, 0.2) is 5.82 Å². The molecule has 3 fully saturated rings. The molecule has 0 radical (unpaired) electrons. The molecule has 1 N–H and O–H groups in total. The predicted molar refractivity (Wildman–Crippen MR) is 147 cm³/mol. The molecule has 3 saturated heterocycles. The SMILES string of the molecule is C=CC(=O)N1CC2(CCN(c3nc(OCC4CCCN4C)nc(-c4cc(-c5cn[nH]c5)ccc4F)c3C#N)C2)C1. The third-order valence-corrected chi connectivity index (χ3v) is 8.39. The molecule has 10 nitrogen and oxygen atoms in total. The second-order valence-corrected chi connectivity index (χ2v) is 11.0. The van der Waals surface area contributed by atoms with Gasteiger partial charge in [0.25, 0.3) is 0 Å². The van der Waals surface area contributed by atoms with Crippen molar-refractivity contribution >= 4 is 11.7 Å². The van der Waals surface area contributed by atoms with E-state index in [9.17, 15) is 10.1 Å². The summed E-state index contributed by atoms with van der Waals surface area (Å²) in [6.07, 6.45) is 7.68. The van der Waals surface area contributed by atoms with Gasteiger partial charge < -0.3 is 19.4 Å². The van der Waals surface area contributed by atoms with Crippen molar-refractivity contribution in [3.8, 4) is 34.5 Å². The molecule has 1 aromatic carbocycles. The highest BCUT2D eigenvalue weighted by atomic mass is 19.1. The average Bonchev–Trinajstić information content (AvgIpc) is 3.72. The zero-order valence-corrected chi connectivity index (χ0v) is 22.4. The standard InChI is InChI=1S/C29H31FN8O2/c1-3-25(39)38-17-29(18-38)8-10-37(16-29)27-23(12-31)26(34-28(35-27)40-15-21-5-4-9-36(21)2)22-11-19(6-7-24(22)30)20-13-32-33-14-20/h3,6-7,11,13-14,21H,1,4-5,8-10,15-18H2,2H3,(H,32,33). The van der Waals surface area contributed by atoms with E-state index in [2.05, 4.69) is 39.8 Å². The third kappa shape index (κ3) is 4.69. The number of aromatic nitrogens is 4. The molecule has 0 aliphatic carbocycles. The Labute approximate surface area is 232 Å². The van der Waals surface area contributed by atoms with E-state index in [0.29, 0.717) is 38.6 Å². The van der Waals surface area contributed by atoms with Gasteiger partial charge in [-0.1, -0.05) is 12.6 Å². The number of hydrogen-bond acceptors (Lipinski definition) is 8. The Hall–Kier alpha value is -4.30. The molecule has 40 heavy (non-hydrogen) atoms. The van der Waals surface area contributed by atoms with E-state index in [4.69, 9.17) is 9.72 Å². The van der Waals surface area contributed by atoms with Crippen LogP contribution < -0.4 is 9.64 Å². The highest BCUT2D eigenvalue weighted by molar-refractivity contribution is 5.88. The van der Waals surface area contributed by atoms with Crippen LogP contribution in [0, 0.1) is 22.6 Å². The first-order chi connectivity index (χ1) is 19.4. The van der Waals surface area contributed by atoms with Gasteiger partial charge >= 0.3 is 6.01 Å². The minimum atomic E-state index is -0.495. The Kier molecular flexibility index (Phi) is 6.72. The molecule has 1 spiro atoms. The predicted octanol–water partition coefficient (Wildman–Crippen LogP) is 3.24. The van der Waals surface area contributed by atoms with Gasteiger partial charge in [-0.2, -0.15) is 20.3 Å². The normalized spacial score (nSPS) is 20.0. The van der Waals surface area contributed by atoms with Gasteiger partial charge in [-0.3, -0.25) is 9.89 Å². The largest absolute Gasteiger partial charge is 0.462 e. The van der Waals surface area contributed by atoms with Crippen LogP contribution in [0.15, 0.2) is 43.2 Å². The number of nitrogens with one attached hydrogen (secondary N) is 1. The van der Waals surface area contributed by atoms with E-state index in [1.54, 1.807) is 29.4 Å². The van der Waals surface area contributed by atoms with Gasteiger partial charge in [0.05, 0.1) is 6.20 Å². The minimum Gasteiger partial charge on any atom is -0.462 e. The maximum Gasteiger partial charge on any atom is 0.319 e. The molecule has 3 aliphatic heterocycles. The highest BCUT2D eigenvalue weighted by Crippen LogP contribution is 2.43. The van der Waals surface area contributed by atoms with Crippen LogP contribution in [0.1, 0.15) is 24.8 Å². The van der Waals surface area contributed by atoms with E-state index in [0.717, 1.165) is 36.9 Å². The zero-order valence-electron chi connectivity index (χ0n) is 22.4. The van der Waals surface area contributed by atoms with Crippen molar-refractivity contribution in [2.45, 2.75) is 25.3 Å². The van der Waals surface area contributed by atoms with Crippen molar-refractivity contribution in [1.29, 1.82) is 5.26 Å². The quantitative estimate of drug-likeness (QED) is 0.453. The molecule has 3 aliphatic rings.